The van der Waals surface area contributed by atoms with Gasteiger partial charge in [0.2, 0.25) is 5.91 Å². The summed E-state index contributed by atoms with van der Waals surface area (Å²) in [7, 11) is 0. The largest absolute Gasteiger partial charge is 0.457 e. The molecule has 1 amide bonds. The van der Waals surface area contributed by atoms with Crippen LogP contribution in [0.3, 0.4) is 0 Å². The molecule has 3 aromatic carbocycles. The molecular formula is C22H21FN2O2. The monoisotopic (exact) mass is 364 g/mol. The molecule has 27 heavy (non-hydrogen) atoms. The summed E-state index contributed by atoms with van der Waals surface area (Å²) >= 11 is 0. The van der Waals surface area contributed by atoms with Crippen molar-refractivity contribution in [2.24, 2.45) is 5.73 Å². The Morgan fingerprint density at radius 1 is 0.852 bits per heavy atom. The normalized spacial score (nSPS) is 10.6. The minimum absolute atomic E-state index is 0.210. The average Bonchev–Trinajstić information content (AvgIpc) is 2.68. The molecule has 5 heteroatoms. The Morgan fingerprint density at radius 3 is 2.00 bits per heavy atom. The fraction of sp³-hybridized carbons (Fsp3) is 0.136. The molecule has 0 fully saturated rings. The summed E-state index contributed by atoms with van der Waals surface area (Å²) in [5, 5.41) is 3.37. The fourth-order valence-electron chi connectivity index (χ4n) is 2.62. The van der Waals surface area contributed by atoms with Crippen molar-refractivity contribution in [3.63, 3.8) is 0 Å². The third kappa shape index (κ3) is 5.66. The first-order valence-electron chi connectivity index (χ1n) is 8.72. The second-order valence-corrected chi connectivity index (χ2v) is 6.19. The Kier molecular flexibility index (Phi) is 6.18. The number of amides is 1. The lowest BCUT2D eigenvalue weighted by atomic mass is 10.1. The highest BCUT2D eigenvalue weighted by atomic mass is 19.1. The zero-order valence-electron chi connectivity index (χ0n) is 14.8. The molecule has 0 aliphatic rings. The Balaban J connectivity index is 1.45. The number of benzene rings is 3. The van der Waals surface area contributed by atoms with Gasteiger partial charge in [-0.05, 0) is 72.6 Å². The topological polar surface area (TPSA) is 64.4 Å². The van der Waals surface area contributed by atoms with Crippen molar-refractivity contribution in [1.29, 1.82) is 0 Å². The number of carbonyl (C=O) groups is 1. The molecule has 0 aliphatic heterocycles. The van der Waals surface area contributed by atoms with Crippen LogP contribution in [0.4, 0.5) is 4.39 Å². The van der Waals surface area contributed by atoms with Gasteiger partial charge in [0.05, 0.1) is 0 Å². The quantitative estimate of drug-likeness (QED) is 0.593. The number of ether oxygens (including phenoxy) is 1. The molecule has 0 spiro atoms. The second-order valence-electron chi connectivity index (χ2n) is 6.19. The molecule has 0 unspecified atom stereocenters. The maximum absolute atomic E-state index is 12.9. The molecular weight excluding hydrogens is 343 g/mol. The van der Waals surface area contributed by atoms with Crippen LogP contribution in [0.15, 0.2) is 72.8 Å². The number of halogens is 1. The molecule has 0 atom stereocenters. The minimum atomic E-state index is -0.460. The number of hydrogen-bond acceptors (Lipinski definition) is 3. The summed E-state index contributed by atoms with van der Waals surface area (Å²) in [5.74, 6) is 0.692. The van der Waals surface area contributed by atoms with Crippen molar-refractivity contribution in [2.45, 2.75) is 13.0 Å². The molecule has 0 bridgehead atoms. The van der Waals surface area contributed by atoms with Gasteiger partial charge in [0.15, 0.2) is 0 Å². The van der Waals surface area contributed by atoms with Gasteiger partial charge in [-0.15, -0.1) is 0 Å². The van der Waals surface area contributed by atoms with E-state index in [9.17, 15) is 9.18 Å². The number of hydrogen-bond donors (Lipinski definition) is 2. The van der Waals surface area contributed by atoms with Gasteiger partial charge < -0.3 is 15.8 Å². The minimum Gasteiger partial charge on any atom is -0.457 e. The van der Waals surface area contributed by atoms with E-state index in [2.05, 4.69) is 5.32 Å². The molecule has 0 aliphatic carbocycles. The van der Waals surface area contributed by atoms with Crippen LogP contribution in [0.25, 0.3) is 0 Å². The number of carbonyl (C=O) groups excluding carboxylic acids is 1. The lowest BCUT2D eigenvalue weighted by molar-refractivity contribution is 0.100. The third-order valence-corrected chi connectivity index (χ3v) is 4.13. The van der Waals surface area contributed by atoms with Crippen LogP contribution in [0.2, 0.25) is 0 Å². The maximum Gasteiger partial charge on any atom is 0.248 e. The first-order chi connectivity index (χ1) is 13.1. The number of nitrogens with two attached hydrogens (primary N) is 1. The zero-order chi connectivity index (χ0) is 19.1. The van der Waals surface area contributed by atoms with Crippen molar-refractivity contribution in [3.8, 4) is 11.5 Å². The van der Waals surface area contributed by atoms with Gasteiger partial charge in [0.25, 0.3) is 0 Å². The molecule has 0 heterocycles. The van der Waals surface area contributed by atoms with Crippen molar-refractivity contribution in [2.75, 3.05) is 6.54 Å². The molecule has 0 saturated heterocycles. The number of nitrogens with one attached hydrogen (secondary N) is 1. The highest BCUT2D eigenvalue weighted by Gasteiger charge is 2.02. The summed E-state index contributed by atoms with van der Waals surface area (Å²) < 4.78 is 18.6. The van der Waals surface area contributed by atoms with Crippen LogP contribution in [-0.4, -0.2) is 12.5 Å². The molecule has 0 aromatic heterocycles. The summed E-state index contributed by atoms with van der Waals surface area (Å²) in [6.45, 7) is 1.56. The second kappa shape index (κ2) is 8.96. The van der Waals surface area contributed by atoms with Crippen molar-refractivity contribution >= 4 is 5.91 Å². The molecule has 3 aromatic rings. The highest BCUT2D eigenvalue weighted by molar-refractivity contribution is 5.92. The van der Waals surface area contributed by atoms with Gasteiger partial charge in [-0.1, -0.05) is 24.3 Å². The lowest BCUT2D eigenvalue weighted by Gasteiger charge is -2.08. The third-order valence-electron chi connectivity index (χ3n) is 4.13. The van der Waals surface area contributed by atoms with Crippen LogP contribution in [0.5, 0.6) is 11.5 Å². The fourth-order valence-corrected chi connectivity index (χ4v) is 2.62. The summed E-state index contributed by atoms with van der Waals surface area (Å²) in [5.41, 5.74) is 7.92. The van der Waals surface area contributed by atoms with Crippen molar-refractivity contribution in [3.05, 3.63) is 95.3 Å². The van der Waals surface area contributed by atoms with Crippen LogP contribution >= 0.6 is 0 Å². The Hall–Kier alpha value is -3.18. The van der Waals surface area contributed by atoms with Crippen LogP contribution in [0.1, 0.15) is 21.5 Å². The van der Waals surface area contributed by atoms with Gasteiger partial charge >= 0.3 is 0 Å². The van der Waals surface area contributed by atoms with Crippen molar-refractivity contribution in [1.82, 2.24) is 5.32 Å². The highest BCUT2D eigenvalue weighted by Crippen LogP contribution is 2.22. The van der Waals surface area contributed by atoms with Gasteiger partial charge in [-0.3, -0.25) is 4.79 Å². The van der Waals surface area contributed by atoms with Crippen LogP contribution in [0, 0.1) is 5.82 Å². The van der Waals surface area contributed by atoms with Crippen molar-refractivity contribution < 1.29 is 13.9 Å². The van der Waals surface area contributed by atoms with E-state index in [4.69, 9.17) is 10.5 Å². The van der Waals surface area contributed by atoms with E-state index in [1.165, 1.54) is 12.1 Å². The predicted octanol–water partition coefficient (Wildman–Crippen LogP) is 4.05. The van der Waals surface area contributed by atoms with E-state index in [0.29, 0.717) is 11.3 Å². The summed E-state index contributed by atoms with van der Waals surface area (Å²) in [6.07, 6.45) is 0.850. The molecule has 138 valence electrons. The Morgan fingerprint density at radius 2 is 1.41 bits per heavy atom. The lowest BCUT2D eigenvalue weighted by Crippen LogP contribution is -2.16. The molecule has 3 rings (SSSR count). The van der Waals surface area contributed by atoms with E-state index < -0.39 is 5.91 Å². The molecule has 3 N–H and O–H groups in total. The van der Waals surface area contributed by atoms with Gasteiger partial charge in [-0.25, -0.2) is 4.39 Å². The SMILES string of the molecule is NC(=O)c1ccc(Oc2ccc(CNCCc3ccc(F)cc3)cc2)cc1. The first-order valence-corrected chi connectivity index (χ1v) is 8.72. The maximum atomic E-state index is 12.9. The predicted molar refractivity (Wildman–Crippen MR) is 103 cm³/mol. The Bertz CT molecular complexity index is 876. The van der Waals surface area contributed by atoms with E-state index >= 15 is 0 Å². The standard InChI is InChI=1S/C22H21FN2O2/c23-19-7-1-16(2-8-19)13-14-25-15-17-3-9-20(10-4-17)27-21-11-5-18(6-12-21)22(24)26/h1-12,25H,13-15H2,(H2,24,26). The summed E-state index contributed by atoms with van der Waals surface area (Å²) in [4.78, 5) is 11.1. The van der Waals surface area contributed by atoms with Crippen LogP contribution < -0.4 is 15.8 Å². The zero-order valence-corrected chi connectivity index (χ0v) is 14.8. The number of primary amides is 1. The van der Waals surface area contributed by atoms with Gasteiger partial charge in [-0.2, -0.15) is 0 Å². The molecule has 0 radical (unpaired) electrons. The first kappa shape index (κ1) is 18.6. The average molecular weight is 364 g/mol. The molecule has 0 saturated carbocycles. The Labute approximate surface area is 157 Å². The van der Waals surface area contributed by atoms with E-state index in [-0.39, 0.29) is 5.82 Å². The van der Waals surface area contributed by atoms with E-state index in [1.54, 1.807) is 36.4 Å². The van der Waals surface area contributed by atoms with Gasteiger partial charge in [0.1, 0.15) is 17.3 Å². The van der Waals surface area contributed by atoms with Crippen LogP contribution in [-0.2, 0) is 13.0 Å². The molecule has 4 nitrogen and oxygen atoms in total. The van der Waals surface area contributed by atoms with Gasteiger partial charge in [0, 0.05) is 12.1 Å². The smallest absolute Gasteiger partial charge is 0.248 e. The van der Waals surface area contributed by atoms with E-state index in [0.717, 1.165) is 36.4 Å². The summed E-state index contributed by atoms with van der Waals surface area (Å²) in [6, 6.07) is 21.1. The van der Waals surface area contributed by atoms with E-state index in [1.807, 2.05) is 24.3 Å². The number of rotatable bonds is 8.